The molecule has 0 bridgehead atoms. The van der Waals surface area contributed by atoms with Gasteiger partial charge in [0.25, 0.3) is 0 Å². The fourth-order valence-electron chi connectivity index (χ4n) is 2.09. The lowest BCUT2D eigenvalue weighted by Crippen LogP contribution is -2.33. The molecule has 1 saturated heterocycles. The van der Waals surface area contributed by atoms with E-state index < -0.39 is 0 Å². The maximum absolute atomic E-state index is 5.63. The van der Waals surface area contributed by atoms with E-state index in [0.29, 0.717) is 24.2 Å². The summed E-state index contributed by atoms with van der Waals surface area (Å²) >= 11 is 5.63. The van der Waals surface area contributed by atoms with Gasteiger partial charge < -0.3 is 9.32 Å². The van der Waals surface area contributed by atoms with E-state index in [1.807, 2.05) is 0 Å². The third-order valence-corrected chi connectivity index (χ3v) is 3.42. The van der Waals surface area contributed by atoms with Crippen molar-refractivity contribution in [3.05, 3.63) is 5.89 Å². The van der Waals surface area contributed by atoms with Crippen LogP contribution in [0, 0.1) is 5.92 Å². The zero-order valence-corrected chi connectivity index (χ0v) is 10.4. The molecule has 0 radical (unpaired) electrons. The van der Waals surface area contributed by atoms with Crippen molar-refractivity contribution in [3.8, 4) is 0 Å². The SMILES string of the molecule is CCC1CCN(c2nnc(CCCl)o2)CC1. The molecule has 1 fully saturated rings. The lowest BCUT2D eigenvalue weighted by Gasteiger charge is -2.29. The number of alkyl halides is 1. The molecule has 1 aromatic heterocycles. The van der Waals surface area contributed by atoms with Crippen LogP contribution in [0.3, 0.4) is 0 Å². The lowest BCUT2D eigenvalue weighted by molar-refractivity contribution is 0.375. The van der Waals surface area contributed by atoms with Gasteiger partial charge in [-0.2, -0.15) is 0 Å². The Morgan fingerprint density at radius 3 is 2.75 bits per heavy atom. The molecular formula is C11H18ClN3O. The molecule has 0 amide bonds. The molecule has 0 saturated carbocycles. The average Bonchev–Trinajstić information content (AvgIpc) is 2.78. The first kappa shape index (κ1) is 11.7. The highest BCUT2D eigenvalue weighted by atomic mass is 35.5. The van der Waals surface area contributed by atoms with Crippen LogP contribution in [-0.2, 0) is 6.42 Å². The van der Waals surface area contributed by atoms with Crippen LogP contribution in [0.2, 0.25) is 0 Å². The molecule has 90 valence electrons. The summed E-state index contributed by atoms with van der Waals surface area (Å²) in [5, 5.41) is 8.04. The molecule has 2 heterocycles. The van der Waals surface area contributed by atoms with Gasteiger partial charge in [-0.15, -0.1) is 16.7 Å². The summed E-state index contributed by atoms with van der Waals surface area (Å²) in [5.74, 6) is 2.03. The second-order valence-electron chi connectivity index (χ2n) is 4.26. The Balaban J connectivity index is 1.92. The first-order chi connectivity index (χ1) is 7.83. The van der Waals surface area contributed by atoms with Crippen molar-refractivity contribution >= 4 is 17.6 Å². The van der Waals surface area contributed by atoms with Gasteiger partial charge in [0, 0.05) is 25.4 Å². The number of anilines is 1. The summed E-state index contributed by atoms with van der Waals surface area (Å²) in [6, 6.07) is 0.662. The molecule has 0 unspecified atom stereocenters. The van der Waals surface area contributed by atoms with Gasteiger partial charge in [0.05, 0.1) is 0 Å². The van der Waals surface area contributed by atoms with Gasteiger partial charge in [0.2, 0.25) is 5.89 Å². The van der Waals surface area contributed by atoms with E-state index in [-0.39, 0.29) is 0 Å². The van der Waals surface area contributed by atoms with Crippen molar-refractivity contribution in [3.63, 3.8) is 0 Å². The van der Waals surface area contributed by atoms with E-state index in [9.17, 15) is 0 Å². The number of piperidine rings is 1. The number of halogens is 1. The van der Waals surface area contributed by atoms with Crippen LogP contribution in [0.25, 0.3) is 0 Å². The van der Waals surface area contributed by atoms with Crippen LogP contribution in [0.15, 0.2) is 4.42 Å². The molecule has 1 aliphatic heterocycles. The maximum atomic E-state index is 5.63. The van der Waals surface area contributed by atoms with E-state index in [2.05, 4.69) is 22.0 Å². The van der Waals surface area contributed by atoms with Crippen LogP contribution < -0.4 is 4.90 Å². The van der Waals surface area contributed by atoms with Crippen molar-refractivity contribution < 1.29 is 4.42 Å². The molecule has 4 nitrogen and oxygen atoms in total. The molecular weight excluding hydrogens is 226 g/mol. The first-order valence-corrected chi connectivity index (χ1v) is 6.50. The summed E-state index contributed by atoms with van der Waals surface area (Å²) in [6.45, 7) is 4.31. The maximum Gasteiger partial charge on any atom is 0.318 e. The topological polar surface area (TPSA) is 42.2 Å². The third kappa shape index (κ3) is 2.67. The average molecular weight is 244 g/mol. The molecule has 0 N–H and O–H groups in total. The quantitative estimate of drug-likeness (QED) is 0.762. The van der Waals surface area contributed by atoms with Crippen LogP contribution in [0.4, 0.5) is 6.01 Å². The molecule has 5 heteroatoms. The molecule has 0 aliphatic carbocycles. The number of nitrogens with zero attached hydrogens (tertiary/aromatic N) is 3. The number of hydrogen-bond donors (Lipinski definition) is 0. The van der Waals surface area contributed by atoms with Gasteiger partial charge in [-0.05, 0) is 18.8 Å². The van der Waals surface area contributed by atoms with Crippen LogP contribution >= 0.6 is 11.6 Å². The first-order valence-electron chi connectivity index (χ1n) is 5.96. The molecule has 16 heavy (non-hydrogen) atoms. The Morgan fingerprint density at radius 2 is 2.12 bits per heavy atom. The van der Waals surface area contributed by atoms with Gasteiger partial charge in [0.15, 0.2) is 0 Å². The van der Waals surface area contributed by atoms with Crippen LogP contribution in [0.1, 0.15) is 32.1 Å². The normalized spacial score (nSPS) is 18.0. The van der Waals surface area contributed by atoms with Gasteiger partial charge in [-0.1, -0.05) is 18.4 Å². The van der Waals surface area contributed by atoms with E-state index in [1.54, 1.807) is 0 Å². The number of aromatic nitrogens is 2. The molecule has 0 atom stereocenters. The minimum atomic E-state index is 0.527. The Labute approximate surface area is 101 Å². The fourth-order valence-corrected chi connectivity index (χ4v) is 2.25. The Bertz CT molecular complexity index is 321. The zero-order valence-electron chi connectivity index (χ0n) is 9.65. The van der Waals surface area contributed by atoms with Gasteiger partial charge in [0.1, 0.15) is 0 Å². The highest BCUT2D eigenvalue weighted by molar-refractivity contribution is 6.17. The molecule has 0 spiro atoms. The van der Waals surface area contributed by atoms with E-state index in [4.69, 9.17) is 16.0 Å². The summed E-state index contributed by atoms with van der Waals surface area (Å²) in [5.41, 5.74) is 0. The number of hydrogen-bond acceptors (Lipinski definition) is 4. The van der Waals surface area contributed by atoms with Crippen molar-refractivity contribution in [1.82, 2.24) is 10.2 Å². The summed E-state index contributed by atoms with van der Waals surface area (Å²) in [7, 11) is 0. The summed E-state index contributed by atoms with van der Waals surface area (Å²) < 4.78 is 5.55. The van der Waals surface area contributed by atoms with Gasteiger partial charge in [-0.25, -0.2) is 0 Å². The number of aryl methyl sites for hydroxylation is 1. The standard InChI is InChI=1S/C11H18ClN3O/c1-2-9-4-7-15(8-5-9)11-14-13-10(16-11)3-6-12/h9H,2-8H2,1H3. The lowest BCUT2D eigenvalue weighted by atomic mass is 9.95. The highest BCUT2D eigenvalue weighted by Crippen LogP contribution is 2.24. The molecule has 1 aromatic rings. The van der Waals surface area contributed by atoms with Gasteiger partial charge in [-0.3, -0.25) is 0 Å². The van der Waals surface area contributed by atoms with Crippen molar-refractivity contribution in [2.75, 3.05) is 23.9 Å². The predicted octanol–water partition coefficient (Wildman–Crippen LogP) is 2.48. The monoisotopic (exact) mass is 243 g/mol. The van der Waals surface area contributed by atoms with Crippen molar-refractivity contribution in [2.45, 2.75) is 32.6 Å². The van der Waals surface area contributed by atoms with E-state index in [0.717, 1.165) is 19.0 Å². The largest absolute Gasteiger partial charge is 0.408 e. The molecule has 2 rings (SSSR count). The smallest absolute Gasteiger partial charge is 0.318 e. The van der Waals surface area contributed by atoms with Gasteiger partial charge >= 0.3 is 6.01 Å². The minimum Gasteiger partial charge on any atom is -0.408 e. The van der Waals surface area contributed by atoms with Crippen LogP contribution in [-0.4, -0.2) is 29.2 Å². The highest BCUT2D eigenvalue weighted by Gasteiger charge is 2.21. The van der Waals surface area contributed by atoms with Crippen molar-refractivity contribution in [2.24, 2.45) is 5.92 Å². The molecule has 1 aliphatic rings. The second-order valence-corrected chi connectivity index (χ2v) is 4.63. The third-order valence-electron chi connectivity index (χ3n) is 3.23. The fraction of sp³-hybridized carbons (Fsp3) is 0.818. The summed E-state index contributed by atoms with van der Waals surface area (Å²) in [4.78, 5) is 2.18. The Morgan fingerprint density at radius 1 is 1.38 bits per heavy atom. The Kier molecular flexibility index (Phi) is 4.04. The second kappa shape index (κ2) is 5.53. The van der Waals surface area contributed by atoms with Crippen LogP contribution in [0.5, 0.6) is 0 Å². The van der Waals surface area contributed by atoms with Crippen molar-refractivity contribution in [1.29, 1.82) is 0 Å². The molecule has 0 aromatic carbocycles. The summed E-state index contributed by atoms with van der Waals surface area (Å²) in [6.07, 6.45) is 4.38. The predicted molar refractivity (Wildman–Crippen MR) is 64.0 cm³/mol. The zero-order chi connectivity index (χ0) is 11.4. The van der Waals surface area contributed by atoms with E-state index in [1.165, 1.54) is 19.3 Å². The van der Waals surface area contributed by atoms with E-state index >= 15 is 0 Å². The Hall–Kier alpha value is -0.770. The minimum absolute atomic E-state index is 0.527. The number of rotatable bonds is 4.